The molecule has 1 N–H and O–H groups in total. The molecule has 0 aromatic heterocycles. The number of carboxylic acids is 1. The third kappa shape index (κ3) is 2.99. The molecule has 0 amide bonds. The van der Waals surface area contributed by atoms with Crippen molar-refractivity contribution in [3.05, 3.63) is 29.8 Å². The van der Waals surface area contributed by atoms with Crippen LogP contribution in [0.5, 0.6) is 0 Å². The normalized spacial score (nSPS) is 15.4. The van der Waals surface area contributed by atoms with Crippen LogP contribution >= 0.6 is 0 Å². The van der Waals surface area contributed by atoms with E-state index in [0.717, 1.165) is 18.2 Å². The zero-order valence-electron chi connectivity index (χ0n) is 10.2. The van der Waals surface area contributed by atoms with E-state index >= 15 is 0 Å². The van der Waals surface area contributed by atoms with Crippen molar-refractivity contribution in [1.82, 2.24) is 0 Å². The summed E-state index contributed by atoms with van der Waals surface area (Å²) in [6.07, 6.45) is 5.40. The van der Waals surface area contributed by atoms with Crippen LogP contribution in [0.25, 0.3) is 0 Å². The second-order valence-electron chi connectivity index (χ2n) is 4.86. The summed E-state index contributed by atoms with van der Waals surface area (Å²) in [7, 11) is 2.06. The molecule has 92 valence electrons. The number of hydrogen-bond acceptors (Lipinski definition) is 2. The molecule has 3 nitrogen and oxygen atoms in total. The molecule has 1 aliphatic carbocycles. The molecular weight excluding hydrogens is 214 g/mol. The second-order valence-corrected chi connectivity index (χ2v) is 4.86. The van der Waals surface area contributed by atoms with Gasteiger partial charge in [0.15, 0.2) is 0 Å². The fraction of sp³-hybridized carbons (Fsp3) is 0.500. The fourth-order valence-corrected chi connectivity index (χ4v) is 2.15. The molecule has 1 aliphatic rings. The summed E-state index contributed by atoms with van der Waals surface area (Å²) in [5, 5.41) is 8.82. The molecule has 1 aromatic carbocycles. The lowest BCUT2D eigenvalue weighted by Crippen LogP contribution is -2.23. The topological polar surface area (TPSA) is 40.5 Å². The molecule has 0 saturated heterocycles. The van der Waals surface area contributed by atoms with Gasteiger partial charge in [0.25, 0.3) is 0 Å². The molecule has 1 aromatic rings. The Morgan fingerprint density at radius 1 is 1.35 bits per heavy atom. The highest BCUT2D eigenvalue weighted by atomic mass is 16.4. The van der Waals surface area contributed by atoms with Gasteiger partial charge in [-0.1, -0.05) is 19.3 Å². The number of benzene rings is 1. The molecule has 1 saturated carbocycles. The van der Waals surface area contributed by atoms with E-state index in [4.69, 9.17) is 5.11 Å². The van der Waals surface area contributed by atoms with Crippen LogP contribution in [-0.4, -0.2) is 24.7 Å². The van der Waals surface area contributed by atoms with Gasteiger partial charge < -0.3 is 10.0 Å². The zero-order valence-corrected chi connectivity index (χ0v) is 10.2. The maximum atomic E-state index is 10.7. The molecule has 0 spiro atoms. The number of aromatic carboxylic acids is 1. The van der Waals surface area contributed by atoms with Crippen molar-refractivity contribution in [3.8, 4) is 0 Å². The number of anilines is 1. The van der Waals surface area contributed by atoms with Crippen LogP contribution in [-0.2, 0) is 0 Å². The number of hydrogen-bond donors (Lipinski definition) is 1. The summed E-state index contributed by atoms with van der Waals surface area (Å²) in [5.74, 6) is 0.0458. The maximum absolute atomic E-state index is 10.7. The van der Waals surface area contributed by atoms with Crippen molar-refractivity contribution in [3.63, 3.8) is 0 Å². The van der Waals surface area contributed by atoms with Crippen molar-refractivity contribution in [1.29, 1.82) is 0 Å². The Labute approximate surface area is 102 Å². The van der Waals surface area contributed by atoms with Gasteiger partial charge in [0.2, 0.25) is 0 Å². The molecule has 0 unspecified atom stereocenters. The second kappa shape index (κ2) is 5.21. The minimum atomic E-state index is -0.867. The van der Waals surface area contributed by atoms with E-state index < -0.39 is 5.97 Å². The Kier molecular flexibility index (Phi) is 3.67. The summed E-state index contributed by atoms with van der Waals surface area (Å²) in [6.45, 7) is 1.05. The third-order valence-corrected chi connectivity index (χ3v) is 3.65. The highest BCUT2D eigenvalue weighted by molar-refractivity contribution is 5.88. The lowest BCUT2D eigenvalue weighted by Gasteiger charge is -2.28. The maximum Gasteiger partial charge on any atom is 0.335 e. The van der Waals surface area contributed by atoms with Gasteiger partial charge in [0.1, 0.15) is 0 Å². The van der Waals surface area contributed by atoms with Gasteiger partial charge in [0, 0.05) is 19.3 Å². The molecule has 0 heterocycles. The molecule has 0 radical (unpaired) electrons. The van der Waals surface area contributed by atoms with E-state index in [-0.39, 0.29) is 0 Å². The zero-order chi connectivity index (χ0) is 12.3. The standard InChI is InChI=1S/C14H19NO2/c1-15(10-9-11-3-2-4-11)13-7-5-12(6-8-13)14(16)17/h5-8,11H,2-4,9-10H2,1H3,(H,16,17). The van der Waals surface area contributed by atoms with Gasteiger partial charge in [-0.05, 0) is 36.6 Å². The molecule has 2 rings (SSSR count). The van der Waals surface area contributed by atoms with E-state index in [9.17, 15) is 4.79 Å². The number of nitrogens with zero attached hydrogens (tertiary/aromatic N) is 1. The predicted octanol–water partition coefficient (Wildman–Crippen LogP) is 3.01. The van der Waals surface area contributed by atoms with Gasteiger partial charge in [-0.2, -0.15) is 0 Å². The van der Waals surface area contributed by atoms with Crippen LogP contribution in [0.2, 0.25) is 0 Å². The Morgan fingerprint density at radius 2 is 2.00 bits per heavy atom. The molecule has 0 atom stereocenters. The van der Waals surface area contributed by atoms with Crippen molar-refractivity contribution >= 4 is 11.7 Å². The highest BCUT2D eigenvalue weighted by Gasteiger charge is 2.17. The van der Waals surface area contributed by atoms with Crippen molar-refractivity contribution < 1.29 is 9.90 Å². The average Bonchev–Trinajstić information content (AvgIpc) is 2.27. The van der Waals surface area contributed by atoms with Gasteiger partial charge in [-0.15, -0.1) is 0 Å². The van der Waals surface area contributed by atoms with Crippen molar-refractivity contribution in [2.24, 2.45) is 5.92 Å². The molecule has 0 aliphatic heterocycles. The number of carbonyl (C=O) groups is 1. The summed E-state index contributed by atoms with van der Waals surface area (Å²) >= 11 is 0. The van der Waals surface area contributed by atoms with E-state index in [1.165, 1.54) is 25.7 Å². The smallest absolute Gasteiger partial charge is 0.335 e. The molecule has 1 fully saturated rings. The van der Waals surface area contributed by atoms with E-state index in [2.05, 4.69) is 11.9 Å². The fourth-order valence-electron chi connectivity index (χ4n) is 2.15. The van der Waals surface area contributed by atoms with Crippen LogP contribution in [0.4, 0.5) is 5.69 Å². The molecular formula is C14H19NO2. The molecule has 0 bridgehead atoms. The van der Waals surface area contributed by atoms with Crippen molar-refractivity contribution in [2.75, 3.05) is 18.5 Å². The van der Waals surface area contributed by atoms with Crippen LogP contribution in [0.15, 0.2) is 24.3 Å². The van der Waals surface area contributed by atoms with E-state index in [1.807, 2.05) is 12.1 Å². The molecule has 3 heteroatoms. The van der Waals surface area contributed by atoms with Crippen LogP contribution in [0.1, 0.15) is 36.0 Å². The highest BCUT2D eigenvalue weighted by Crippen LogP contribution is 2.29. The van der Waals surface area contributed by atoms with Crippen LogP contribution < -0.4 is 4.90 Å². The van der Waals surface area contributed by atoms with Gasteiger partial charge in [-0.3, -0.25) is 0 Å². The minimum Gasteiger partial charge on any atom is -0.478 e. The number of rotatable bonds is 5. The predicted molar refractivity (Wildman–Crippen MR) is 68.6 cm³/mol. The van der Waals surface area contributed by atoms with Crippen LogP contribution in [0.3, 0.4) is 0 Å². The van der Waals surface area contributed by atoms with Gasteiger partial charge >= 0.3 is 5.97 Å². The Morgan fingerprint density at radius 3 is 2.47 bits per heavy atom. The first-order chi connectivity index (χ1) is 8.16. The Bertz CT molecular complexity index is 382. The summed E-state index contributed by atoms with van der Waals surface area (Å²) < 4.78 is 0. The van der Waals surface area contributed by atoms with Gasteiger partial charge in [0.05, 0.1) is 5.56 Å². The molecule has 17 heavy (non-hydrogen) atoms. The largest absolute Gasteiger partial charge is 0.478 e. The SMILES string of the molecule is CN(CCC1CCC1)c1ccc(C(=O)O)cc1. The van der Waals surface area contributed by atoms with Crippen LogP contribution in [0, 0.1) is 5.92 Å². The first-order valence-corrected chi connectivity index (χ1v) is 6.21. The van der Waals surface area contributed by atoms with Crippen molar-refractivity contribution in [2.45, 2.75) is 25.7 Å². The Balaban J connectivity index is 1.89. The minimum absolute atomic E-state index is 0.348. The first-order valence-electron chi connectivity index (χ1n) is 6.21. The average molecular weight is 233 g/mol. The lowest BCUT2D eigenvalue weighted by molar-refractivity contribution is 0.0697. The van der Waals surface area contributed by atoms with Gasteiger partial charge in [-0.25, -0.2) is 4.79 Å². The third-order valence-electron chi connectivity index (χ3n) is 3.65. The first kappa shape index (κ1) is 12.0. The summed E-state index contributed by atoms with van der Waals surface area (Å²) in [4.78, 5) is 12.9. The monoisotopic (exact) mass is 233 g/mol. The summed E-state index contributed by atoms with van der Waals surface area (Å²) in [5.41, 5.74) is 1.44. The lowest BCUT2D eigenvalue weighted by atomic mass is 9.83. The Hall–Kier alpha value is -1.51. The van der Waals surface area contributed by atoms with E-state index in [1.54, 1.807) is 12.1 Å². The summed E-state index contributed by atoms with van der Waals surface area (Å²) in [6, 6.07) is 7.09. The number of carboxylic acid groups (broad SMARTS) is 1. The van der Waals surface area contributed by atoms with E-state index in [0.29, 0.717) is 5.56 Å². The quantitative estimate of drug-likeness (QED) is 0.849.